The molecule has 0 amide bonds. The van der Waals surface area contributed by atoms with Gasteiger partial charge in [-0.05, 0) is 79.2 Å². The molecule has 0 atom stereocenters. The van der Waals surface area contributed by atoms with Crippen LogP contribution in [0.5, 0.6) is 17.2 Å². The van der Waals surface area contributed by atoms with Crippen LogP contribution in [0.3, 0.4) is 0 Å². The number of esters is 2. The third kappa shape index (κ3) is 8.97. The van der Waals surface area contributed by atoms with Crippen LogP contribution in [0.25, 0.3) is 0 Å². The minimum absolute atomic E-state index is 0.0205. The molecule has 0 saturated carbocycles. The van der Waals surface area contributed by atoms with Gasteiger partial charge < -0.3 is 14.2 Å². The lowest BCUT2D eigenvalue weighted by Gasteiger charge is -2.09. The van der Waals surface area contributed by atoms with Gasteiger partial charge in [-0.1, -0.05) is 39.0 Å². The number of carbonyl (C=O) groups is 2. The average Bonchev–Trinajstić information content (AvgIpc) is 2.88. The highest BCUT2D eigenvalue weighted by atomic mass is 19.4. The van der Waals surface area contributed by atoms with Crippen LogP contribution in [0, 0.1) is 0 Å². The van der Waals surface area contributed by atoms with Gasteiger partial charge in [-0.15, -0.1) is 0 Å². The lowest BCUT2D eigenvalue weighted by molar-refractivity contribution is -0.137. The third-order valence-corrected chi connectivity index (χ3v) is 5.55. The van der Waals surface area contributed by atoms with Crippen LogP contribution in [-0.4, -0.2) is 18.5 Å². The summed E-state index contributed by atoms with van der Waals surface area (Å²) < 4.78 is 54.1. The highest BCUT2D eigenvalue weighted by Gasteiger charge is 2.30. The summed E-state index contributed by atoms with van der Waals surface area (Å²) in [7, 11) is 0. The number of carbonyl (C=O) groups excluding carboxylic acids is 2. The molecule has 0 unspecified atom stereocenters. The topological polar surface area (TPSA) is 61.8 Å². The fraction of sp³-hybridized carbons (Fsp3) is 0.310. The average molecular weight is 515 g/mol. The Morgan fingerprint density at radius 1 is 0.622 bits per heavy atom. The van der Waals surface area contributed by atoms with E-state index in [4.69, 9.17) is 14.2 Å². The molecule has 0 aliphatic heterocycles. The van der Waals surface area contributed by atoms with E-state index in [1.54, 1.807) is 24.3 Å². The Kier molecular flexibility index (Phi) is 10.1. The Labute approximate surface area is 214 Å². The number of hydrogen-bond acceptors (Lipinski definition) is 5. The highest BCUT2D eigenvalue weighted by molar-refractivity contribution is 5.92. The third-order valence-electron chi connectivity index (χ3n) is 5.55. The number of ether oxygens (including phenoxy) is 3. The van der Waals surface area contributed by atoms with Gasteiger partial charge in [0, 0.05) is 0 Å². The van der Waals surface area contributed by atoms with Gasteiger partial charge in [0.15, 0.2) is 0 Å². The molecule has 0 N–H and O–H groups in total. The van der Waals surface area contributed by atoms with E-state index in [0.29, 0.717) is 17.9 Å². The summed E-state index contributed by atoms with van der Waals surface area (Å²) in [5.74, 6) is -0.440. The maximum atomic E-state index is 12.6. The number of halogens is 3. The van der Waals surface area contributed by atoms with Crippen molar-refractivity contribution >= 4 is 11.9 Å². The summed E-state index contributed by atoms with van der Waals surface area (Å²) in [6, 6.07) is 16.1. The van der Waals surface area contributed by atoms with Gasteiger partial charge in [0.25, 0.3) is 0 Å². The van der Waals surface area contributed by atoms with E-state index in [-0.39, 0.29) is 17.1 Å². The summed E-state index contributed by atoms with van der Waals surface area (Å²) in [5, 5.41) is 0. The fourth-order valence-electron chi connectivity index (χ4n) is 3.46. The molecule has 3 aromatic rings. The van der Waals surface area contributed by atoms with Crippen LogP contribution in [0.1, 0.15) is 71.7 Å². The minimum Gasteiger partial charge on any atom is -0.494 e. The molecule has 0 bridgehead atoms. The molecule has 5 nitrogen and oxygen atoms in total. The van der Waals surface area contributed by atoms with Crippen molar-refractivity contribution in [2.24, 2.45) is 0 Å². The van der Waals surface area contributed by atoms with Gasteiger partial charge in [0.05, 0.1) is 23.3 Å². The van der Waals surface area contributed by atoms with E-state index in [9.17, 15) is 22.8 Å². The fourth-order valence-corrected chi connectivity index (χ4v) is 3.46. The van der Waals surface area contributed by atoms with Crippen molar-refractivity contribution < 1.29 is 37.0 Å². The second kappa shape index (κ2) is 13.5. The SMILES string of the molecule is CCCCCCCCOc1ccc(C(=O)Oc2ccc(C(=O)Oc3ccc(C(F)(F)F)cc3)cc2)cc1. The van der Waals surface area contributed by atoms with E-state index in [2.05, 4.69) is 6.92 Å². The van der Waals surface area contributed by atoms with Gasteiger partial charge in [-0.3, -0.25) is 0 Å². The van der Waals surface area contributed by atoms with Crippen LogP contribution in [0.15, 0.2) is 72.8 Å². The summed E-state index contributed by atoms with van der Waals surface area (Å²) in [6.45, 7) is 2.82. The lowest BCUT2D eigenvalue weighted by Crippen LogP contribution is -2.10. The van der Waals surface area contributed by atoms with Gasteiger partial charge in [-0.2, -0.15) is 13.2 Å². The number of benzene rings is 3. The van der Waals surface area contributed by atoms with Crippen LogP contribution < -0.4 is 14.2 Å². The van der Waals surface area contributed by atoms with E-state index >= 15 is 0 Å². The van der Waals surface area contributed by atoms with Crippen LogP contribution >= 0.6 is 0 Å². The minimum atomic E-state index is -4.47. The molecule has 0 fully saturated rings. The summed E-state index contributed by atoms with van der Waals surface area (Å²) in [6.07, 6.45) is 2.60. The van der Waals surface area contributed by atoms with Crippen molar-refractivity contribution in [3.63, 3.8) is 0 Å². The van der Waals surface area contributed by atoms with Crippen molar-refractivity contribution in [2.45, 2.75) is 51.6 Å². The Balaban J connectivity index is 1.46. The number of alkyl halides is 3. The normalized spacial score (nSPS) is 11.1. The molecule has 0 heterocycles. The summed E-state index contributed by atoms with van der Waals surface area (Å²) >= 11 is 0. The molecule has 196 valence electrons. The van der Waals surface area contributed by atoms with Crippen LogP contribution in [0.2, 0.25) is 0 Å². The van der Waals surface area contributed by atoms with E-state index in [1.807, 2.05) is 0 Å². The smallest absolute Gasteiger partial charge is 0.416 e. The summed E-state index contributed by atoms with van der Waals surface area (Å²) in [5.41, 5.74) is -0.349. The second-order valence-corrected chi connectivity index (χ2v) is 8.47. The summed E-state index contributed by atoms with van der Waals surface area (Å²) in [4.78, 5) is 24.7. The van der Waals surface area contributed by atoms with Crippen LogP contribution in [-0.2, 0) is 6.18 Å². The van der Waals surface area contributed by atoms with Crippen molar-refractivity contribution in [1.29, 1.82) is 0 Å². The van der Waals surface area contributed by atoms with Gasteiger partial charge in [-0.25, -0.2) is 9.59 Å². The lowest BCUT2D eigenvalue weighted by atomic mass is 10.1. The number of unbranched alkanes of at least 4 members (excludes halogenated alkanes) is 5. The highest BCUT2D eigenvalue weighted by Crippen LogP contribution is 2.30. The van der Waals surface area contributed by atoms with Gasteiger partial charge in [0.2, 0.25) is 0 Å². The molecule has 3 rings (SSSR count). The van der Waals surface area contributed by atoms with Crippen LogP contribution in [0.4, 0.5) is 13.2 Å². The molecule has 0 aliphatic carbocycles. The first-order chi connectivity index (χ1) is 17.8. The number of hydrogen-bond donors (Lipinski definition) is 0. The molecule has 0 spiro atoms. The molecule has 0 radical (unpaired) electrons. The predicted octanol–water partition coefficient (Wildman–Crippen LogP) is 7.88. The van der Waals surface area contributed by atoms with Crippen molar-refractivity contribution in [1.82, 2.24) is 0 Å². The number of rotatable bonds is 12. The van der Waals surface area contributed by atoms with E-state index < -0.39 is 23.7 Å². The van der Waals surface area contributed by atoms with Crippen molar-refractivity contribution in [3.05, 3.63) is 89.5 Å². The van der Waals surface area contributed by atoms with E-state index in [0.717, 1.165) is 37.1 Å². The van der Waals surface area contributed by atoms with Gasteiger partial charge in [0.1, 0.15) is 17.2 Å². The van der Waals surface area contributed by atoms with Gasteiger partial charge >= 0.3 is 18.1 Å². The maximum absolute atomic E-state index is 12.6. The van der Waals surface area contributed by atoms with Crippen molar-refractivity contribution in [2.75, 3.05) is 6.61 Å². The molecule has 0 aromatic heterocycles. The molecular formula is C29H29F3O5. The molecular weight excluding hydrogens is 485 g/mol. The first-order valence-electron chi connectivity index (χ1n) is 12.2. The molecule has 0 saturated heterocycles. The van der Waals surface area contributed by atoms with E-state index in [1.165, 1.54) is 49.9 Å². The standard InChI is InChI=1S/C29H29F3O5/c1-2-3-4-5-6-7-20-35-24-14-8-21(9-15-24)27(33)36-25-16-10-22(11-17-25)28(34)37-26-18-12-23(13-19-26)29(30,31)32/h8-19H,2-7,20H2,1H3. The molecule has 8 heteroatoms. The molecule has 37 heavy (non-hydrogen) atoms. The Morgan fingerprint density at radius 3 is 1.54 bits per heavy atom. The molecule has 3 aromatic carbocycles. The first kappa shape index (κ1) is 27.8. The zero-order chi connectivity index (χ0) is 26.7. The largest absolute Gasteiger partial charge is 0.494 e. The predicted molar refractivity (Wildman–Crippen MR) is 133 cm³/mol. The monoisotopic (exact) mass is 514 g/mol. The van der Waals surface area contributed by atoms with Crippen molar-refractivity contribution in [3.8, 4) is 17.2 Å². The second-order valence-electron chi connectivity index (χ2n) is 8.47. The Bertz CT molecular complexity index is 1140. The maximum Gasteiger partial charge on any atom is 0.416 e. The molecule has 0 aliphatic rings. The Hall–Kier alpha value is -3.81. The Morgan fingerprint density at radius 2 is 1.05 bits per heavy atom. The zero-order valence-electron chi connectivity index (χ0n) is 20.6. The first-order valence-corrected chi connectivity index (χ1v) is 12.2. The zero-order valence-corrected chi connectivity index (χ0v) is 20.6. The quantitative estimate of drug-likeness (QED) is 0.140.